The van der Waals surface area contributed by atoms with Gasteiger partial charge in [-0.25, -0.2) is 19.2 Å². The molecule has 0 atom stereocenters. The Morgan fingerprint density at radius 3 is 1.14 bits per heavy atom. The third-order valence-corrected chi connectivity index (χ3v) is 2.75. The summed E-state index contributed by atoms with van der Waals surface area (Å²) in [6.45, 7) is 0. The molecule has 1 saturated carbocycles. The molecule has 0 aromatic carbocycles. The van der Waals surface area contributed by atoms with Gasteiger partial charge in [0, 0.05) is 12.8 Å². The second-order valence-electron chi connectivity index (χ2n) is 4.32. The van der Waals surface area contributed by atoms with Gasteiger partial charge in [-0.1, -0.05) is 0 Å². The maximum Gasteiger partial charge on any atom is 0.509 e. The van der Waals surface area contributed by atoms with E-state index in [0.717, 1.165) is 0 Å². The minimum absolute atomic E-state index is 0.0822. The van der Waals surface area contributed by atoms with Crippen molar-refractivity contribution in [1.29, 1.82) is 0 Å². The van der Waals surface area contributed by atoms with Crippen molar-refractivity contribution in [3.05, 3.63) is 0 Å². The fraction of sp³-hybridized carbons (Fsp3) is 0.600. The van der Waals surface area contributed by atoms with E-state index in [-0.39, 0.29) is 19.3 Å². The normalized spacial score (nSPS) is 18.5. The molecule has 1 rings (SSSR count). The standard InChI is InChI=1S/C10H12O12/c11-5(12)19-9(20-6(13)14)2-1-3-10(4-9,21-7(15)16)22-8(17)18/h1-4H2,(H,11,12)(H,13,14)(H,15,16)(H,17,18). The summed E-state index contributed by atoms with van der Waals surface area (Å²) in [5, 5.41) is 34.7. The Morgan fingerprint density at radius 1 is 0.636 bits per heavy atom. The highest BCUT2D eigenvalue weighted by Gasteiger charge is 2.55. The predicted octanol–water partition coefficient (Wildman–Crippen LogP) is 1.73. The van der Waals surface area contributed by atoms with Crippen molar-refractivity contribution in [2.45, 2.75) is 37.3 Å². The zero-order chi connectivity index (χ0) is 17.0. The van der Waals surface area contributed by atoms with Crippen LogP contribution in [0.3, 0.4) is 0 Å². The van der Waals surface area contributed by atoms with Crippen LogP contribution in [0.5, 0.6) is 0 Å². The smallest absolute Gasteiger partial charge is 0.450 e. The second-order valence-corrected chi connectivity index (χ2v) is 4.32. The van der Waals surface area contributed by atoms with Gasteiger partial charge >= 0.3 is 24.6 Å². The molecular weight excluding hydrogens is 312 g/mol. The highest BCUT2D eigenvalue weighted by Crippen LogP contribution is 2.42. The van der Waals surface area contributed by atoms with Crippen LogP contribution >= 0.6 is 0 Å². The van der Waals surface area contributed by atoms with Gasteiger partial charge in [-0.15, -0.1) is 0 Å². The third-order valence-electron chi connectivity index (χ3n) is 2.75. The van der Waals surface area contributed by atoms with Crippen molar-refractivity contribution in [2.75, 3.05) is 0 Å². The second kappa shape index (κ2) is 6.24. The maximum atomic E-state index is 10.7. The van der Waals surface area contributed by atoms with Crippen LogP contribution in [-0.4, -0.2) is 56.6 Å². The molecule has 0 saturated heterocycles. The lowest BCUT2D eigenvalue weighted by molar-refractivity contribution is -0.284. The van der Waals surface area contributed by atoms with Crippen molar-refractivity contribution in [3.8, 4) is 0 Å². The Kier molecular flexibility index (Phi) is 4.86. The van der Waals surface area contributed by atoms with Crippen LogP contribution in [0.15, 0.2) is 0 Å². The summed E-state index contributed by atoms with van der Waals surface area (Å²) in [6, 6.07) is 0. The number of ether oxygens (including phenoxy) is 4. The Morgan fingerprint density at radius 2 is 0.909 bits per heavy atom. The van der Waals surface area contributed by atoms with Gasteiger partial charge in [0.05, 0.1) is 0 Å². The topological polar surface area (TPSA) is 186 Å². The molecule has 0 bridgehead atoms. The molecular formula is C10H12O12. The molecule has 0 aromatic heterocycles. The zero-order valence-corrected chi connectivity index (χ0v) is 10.9. The van der Waals surface area contributed by atoms with E-state index in [4.69, 9.17) is 20.4 Å². The van der Waals surface area contributed by atoms with Gasteiger partial charge in [0.2, 0.25) is 0 Å². The highest BCUT2D eigenvalue weighted by atomic mass is 16.8. The first-order valence-electron chi connectivity index (χ1n) is 5.76. The zero-order valence-electron chi connectivity index (χ0n) is 10.9. The average Bonchev–Trinajstić information content (AvgIpc) is 2.22. The Labute approximate surface area is 121 Å². The van der Waals surface area contributed by atoms with Crippen molar-refractivity contribution in [3.63, 3.8) is 0 Å². The summed E-state index contributed by atoms with van der Waals surface area (Å²) in [4.78, 5) is 42.8. The highest BCUT2D eigenvalue weighted by molar-refractivity contribution is 5.61. The molecule has 0 aliphatic heterocycles. The molecule has 22 heavy (non-hydrogen) atoms. The van der Waals surface area contributed by atoms with E-state index in [1.807, 2.05) is 0 Å². The lowest BCUT2D eigenvalue weighted by Crippen LogP contribution is -2.54. The molecule has 0 heterocycles. The largest absolute Gasteiger partial charge is 0.509 e. The molecule has 12 nitrogen and oxygen atoms in total. The van der Waals surface area contributed by atoms with Crippen LogP contribution in [0.1, 0.15) is 25.7 Å². The lowest BCUT2D eigenvalue weighted by Gasteiger charge is -2.42. The van der Waals surface area contributed by atoms with Gasteiger partial charge in [0.1, 0.15) is 6.42 Å². The SMILES string of the molecule is O=C(O)OC1(OC(=O)O)CCCC(OC(=O)O)(OC(=O)O)C1. The van der Waals surface area contributed by atoms with Crippen molar-refractivity contribution >= 4 is 24.6 Å². The van der Waals surface area contributed by atoms with Crippen molar-refractivity contribution in [2.24, 2.45) is 0 Å². The van der Waals surface area contributed by atoms with E-state index in [9.17, 15) is 19.2 Å². The summed E-state index contributed by atoms with van der Waals surface area (Å²) in [5.74, 6) is -4.69. The van der Waals surface area contributed by atoms with Crippen LogP contribution in [0, 0.1) is 0 Å². The number of rotatable bonds is 4. The van der Waals surface area contributed by atoms with E-state index in [1.54, 1.807) is 0 Å². The van der Waals surface area contributed by atoms with Gasteiger partial charge < -0.3 is 39.4 Å². The van der Waals surface area contributed by atoms with Gasteiger partial charge in [-0.3, -0.25) is 0 Å². The quantitative estimate of drug-likeness (QED) is 0.434. The van der Waals surface area contributed by atoms with E-state index >= 15 is 0 Å². The van der Waals surface area contributed by atoms with Crippen molar-refractivity contribution in [1.82, 2.24) is 0 Å². The molecule has 0 radical (unpaired) electrons. The molecule has 0 unspecified atom stereocenters. The fourth-order valence-electron chi connectivity index (χ4n) is 2.24. The molecule has 0 spiro atoms. The van der Waals surface area contributed by atoms with Gasteiger partial charge in [-0.05, 0) is 6.42 Å². The first-order valence-corrected chi connectivity index (χ1v) is 5.76. The summed E-state index contributed by atoms with van der Waals surface area (Å²) in [5.41, 5.74) is 0. The van der Waals surface area contributed by atoms with Gasteiger partial charge in [0.25, 0.3) is 11.6 Å². The Bertz CT molecular complexity index is 408. The minimum Gasteiger partial charge on any atom is -0.450 e. The average molecular weight is 324 g/mol. The minimum atomic E-state index is -2.35. The molecule has 0 amide bonds. The van der Waals surface area contributed by atoms with Gasteiger partial charge in [0.15, 0.2) is 0 Å². The monoisotopic (exact) mass is 324 g/mol. The summed E-state index contributed by atoms with van der Waals surface area (Å²) in [7, 11) is 0. The van der Waals surface area contributed by atoms with Crippen LogP contribution in [0.25, 0.3) is 0 Å². The molecule has 4 N–H and O–H groups in total. The summed E-state index contributed by atoms with van der Waals surface area (Å²) >= 11 is 0. The fourth-order valence-corrected chi connectivity index (χ4v) is 2.24. The van der Waals surface area contributed by atoms with Gasteiger partial charge in [-0.2, -0.15) is 0 Å². The molecule has 12 heteroatoms. The number of hydrogen-bond donors (Lipinski definition) is 4. The molecule has 1 fully saturated rings. The van der Waals surface area contributed by atoms with Crippen LogP contribution in [0.2, 0.25) is 0 Å². The number of hydrogen-bond acceptors (Lipinski definition) is 8. The van der Waals surface area contributed by atoms with Crippen LogP contribution in [-0.2, 0) is 18.9 Å². The lowest BCUT2D eigenvalue weighted by atomic mass is 9.88. The Hall–Kier alpha value is -2.92. The summed E-state index contributed by atoms with van der Waals surface area (Å²) < 4.78 is 17.5. The maximum absolute atomic E-state index is 10.7. The molecule has 1 aliphatic rings. The number of carbonyl (C=O) groups is 4. The van der Waals surface area contributed by atoms with E-state index in [1.165, 1.54) is 0 Å². The number of carboxylic acid groups (broad SMARTS) is 4. The first-order chi connectivity index (χ1) is 10.1. The molecule has 1 aliphatic carbocycles. The first kappa shape index (κ1) is 17.1. The Balaban J connectivity index is 3.13. The molecule has 124 valence electrons. The van der Waals surface area contributed by atoms with Crippen molar-refractivity contribution < 1.29 is 58.6 Å². The van der Waals surface area contributed by atoms with Crippen LogP contribution in [0.4, 0.5) is 19.2 Å². The summed E-state index contributed by atoms with van der Waals surface area (Å²) in [6.07, 6.45) is -9.12. The van der Waals surface area contributed by atoms with E-state index < -0.39 is 42.6 Å². The molecule has 0 aromatic rings. The van der Waals surface area contributed by atoms with E-state index in [0.29, 0.717) is 0 Å². The van der Waals surface area contributed by atoms with Crippen LogP contribution < -0.4 is 0 Å². The third kappa shape index (κ3) is 4.57. The predicted molar refractivity (Wildman–Crippen MR) is 60.4 cm³/mol. The van der Waals surface area contributed by atoms with E-state index in [2.05, 4.69) is 18.9 Å².